The van der Waals surface area contributed by atoms with Gasteiger partial charge in [0.25, 0.3) is 5.91 Å². The molecule has 1 rings (SSSR count). The van der Waals surface area contributed by atoms with Crippen molar-refractivity contribution in [3.63, 3.8) is 0 Å². The highest BCUT2D eigenvalue weighted by molar-refractivity contribution is 6.42. The molecule has 0 atom stereocenters. The largest absolute Gasteiger partial charge is 0.350 e. The molecule has 17 heavy (non-hydrogen) atoms. The van der Waals surface area contributed by atoms with Crippen molar-refractivity contribution in [2.45, 2.75) is 6.92 Å². The number of benzene rings is 1. The first-order valence-electron chi connectivity index (χ1n) is 4.65. The number of primary amides is 1. The molecule has 4 N–H and O–H groups in total. The van der Waals surface area contributed by atoms with Crippen LogP contribution in [0.25, 0.3) is 0 Å². The molecule has 1 aromatic carbocycles. The van der Waals surface area contributed by atoms with Crippen molar-refractivity contribution in [2.75, 3.05) is 5.32 Å². The van der Waals surface area contributed by atoms with E-state index >= 15 is 0 Å². The van der Waals surface area contributed by atoms with E-state index in [1.165, 1.54) is 31.2 Å². The molecule has 0 fully saturated rings. The fourth-order valence-corrected chi connectivity index (χ4v) is 0.944. The van der Waals surface area contributed by atoms with E-state index < -0.39 is 17.8 Å². The number of carbonyl (C=O) groups excluding carboxylic acids is 2. The van der Waals surface area contributed by atoms with Gasteiger partial charge in [-0.3, -0.25) is 4.79 Å². The van der Waals surface area contributed by atoms with Gasteiger partial charge in [0.15, 0.2) is 0 Å². The maximum Gasteiger partial charge on any atom is 0.332 e. The van der Waals surface area contributed by atoms with Crippen LogP contribution in [0.3, 0.4) is 0 Å². The molecule has 0 heterocycles. The summed E-state index contributed by atoms with van der Waals surface area (Å²) in [5.41, 5.74) is 7.15. The van der Waals surface area contributed by atoms with E-state index in [2.05, 4.69) is 10.4 Å². The Morgan fingerprint density at radius 3 is 2.41 bits per heavy atom. The molecule has 0 aliphatic rings. The van der Waals surface area contributed by atoms with E-state index in [9.17, 15) is 14.0 Å². The van der Waals surface area contributed by atoms with Gasteiger partial charge in [0.2, 0.25) is 0 Å². The standard InChI is InChI=1S/C10H11FN4O2/c1-6(14-15-10(12)17)9(16)13-8-4-2-7(11)3-5-8/h2-5H,1H3,(H,13,16)(H3,12,15,17)/b14-6-. The molecule has 0 saturated heterocycles. The summed E-state index contributed by atoms with van der Waals surface area (Å²) >= 11 is 0. The molecule has 1 aromatic rings. The molecule has 0 aliphatic carbocycles. The van der Waals surface area contributed by atoms with E-state index in [1.54, 1.807) is 0 Å². The molecule has 0 bridgehead atoms. The average molecular weight is 238 g/mol. The minimum atomic E-state index is -0.862. The van der Waals surface area contributed by atoms with Crippen LogP contribution in [0.4, 0.5) is 14.9 Å². The summed E-state index contributed by atoms with van der Waals surface area (Å²) in [6.45, 7) is 1.40. The lowest BCUT2D eigenvalue weighted by Crippen LogP contribution is -2.29. The van der Waals surface area contributed by atoms with Crippen LogP contribution in [0.2, 0.25) is 0 Å². The summed E-state index contributed by atoms with van der Waals surface area (Å²) < 4.78 is 12.6. The molecular formula is C10H11FN4O2. The van der Waals surface area contributed by atoms with Crippen molar-refractivity contribution in [1.82, 2.24) is 5.43 Å². The molecule has 3 amide bonds. The normalized spacial score (nSPS) is 10.8. The number of rotatable bonds is 3. The first-order chi connectivity index (χ1) is 7.99. The Morgan fingerprint density at radius 1 is 1.29 bits per heavy atom. The first kappa shape index (κ1) is 12.6. The highest BCUT2D eigenvalue weighted by Crippen LogP contribution is 2.07. The fourth-order valence-electron chi connectivity index (χ4n) is 0.944. The second-order valence-corrected chi connectivity index (χ2v) is 3.13. The van der Waals surface area contributed by atoms with Gasteiger partial charge >= 0.3 is 6.03 Å². The third-order valence-electron chi connectivity index (χ3n) is 1.76. The second-order valence-electron chi connectivity index (χ2n) is 3.13. The Bertz CT molecular complexity index is 456. The van der Waals surface area contributed by atoms with Crippen molar-refractivity contribution in [3.05, 3.63) is 30.1 Å². The Kier molecular flexibility index (Phi) is 4.15. The van der Waals surface area contributed by atoms with Crippen molar-refractivity contribution in [3.8, 4) is 0 Å². The van der Waals surface area contributed by atoms with Crippen LogP contribution in [0.15, 0.2) is 29.4 Å². The first-order valence-corrected chi connectivity index (χ1v) is 4.65. The summed E-state index contributed by atoms with van der Waals surface area (Å²) in [6, 6.07) is 4.37. The van der Waals surface area contributed by atoms with Gasteiger partial charge in [0, 0.05) is 5.69 Å². The number of urea groups is 1. The van der Waals surface area contributed by atoms with Crippen LogP contribution in [-0.4, -0.2) is 17.6 Å². The van der Waals surface area contributed by atoms with Crippen LogP contribution < -0.4 is 16.5 Å². The second kappa shape index (κ2) is 5.59. The predicted octanol–water partition coefficient (Wildman–Crippen LogP) is 0.808. The van der Waals surface area contributed by atoms with Gasteiger partial charge in [-0.1, -0.05) is 0 Å². The average Bonchev–Trinajstić information content (AvgIpc) is 2.28. The SMILES string of the molecule is C/C(=N/NC(N)=O)C(=O)Nc1ccc(F)cc1. The maximum absolute atomic E-state index is 12.6. The number of nitrogens with one attached hydrogen (secondary N) is 2. The number of halogens is 1. The summed E-state index contributed by atoms with van der Waals surface area (Å²) in [7, 11) is 0. The minimum Gasteiger partial charge on any atom is -0.350 e. The molecule has 0 aromatic heterocycles. The number of hydrogen-bond donors (Lipinski definition) is 3. The van der Waals surface area contributed by atoms with Gasteiger partial charge in [-0.2, -0.15) is 5.10 Å². The zero-order valence-electron chi connectivity index (χ0n) is 9.03. The topological polar surface area (TPSA) is 96.6 Å². The lowest BCUT2D eigenvalue weighted by atomic mass is 10.3. The highest BCUT2D eigenvalue weighted by atomic mass is 19.1. The number of hydrogen-bond acceptors (Lipinski definition) is 3. The molecule has 7 heteroatoms. The Balaban J connectivity index is 2.63. The molecule has 0 aliphatic heterocycles. The molecule has 0 spiro atoms. The van der Waals surface area contributed by atoms with Crippen molar-refractivity contribution >= 4 is 23.3 Å². The van der Waals surface area contributed by atoms with Crippen molar-refractivity contribution in [2.24, 2.45) is 10.8 Å². The van der Waals surface area contributed by atoms with Gasteiger partial charge in [-0.25, -0.2) is 14.6 Å². The third kappa shape index (κ3) is 4.29. The third-order valence-corrected chi connectivity index (χ3v) is 1.76. The zero-order valence-corrected chi connectivity index (χ0v) is 9.03. The van der Waals surface area contributed by atoms with Crippen LogP contribution >= 0.6 is 0 Å². The van der Waals surface area contributed by atoms with Crippen LogP contribution in [0, 0.1) is 5.82 Å². The quantitative estimate of drug-likeness (QED) is 0.536. The number of carbonyl (C=O) groups is 2. The molecule has 0 unspecified atom stereocenters. The predicted molar refractivity (Wildman–Crippen MR) is 60.9 cm³/mol. The van der Waals surface area contributed by atoms with Gasteiger partial charge in [-0.15, -0.1) is 0 Å². The van der Waals surface area contributed by atoms with Crippen LogP contribution in [-0.2, 0) is 4.79 Å². The summed E-state index contributed by atoms with van der Waals surface area (Å²) in [6.07, 6.45) is 0. The van der Waals surface area contributed by atoms with E-state index in [4.69, 9.17) is 5.73 Å². The van der Waals surface area contributed by atoms with Gasteiger partial charge in [-0.05, 0) is 31.2 Å². The maximum atomic E-state index is 12.6. The van der Waals surface area contributed by atoms with E-state index in [0.717, 1.165) is 0 Å². The minimum absolute atomic E-state index is 0.0214. The monoisotopic (exact) mass is 238 g/mol. The Labute approximate surface area is 96.7 Å². The number of nitrogens with two attached hydrogens (primary N) is 1. The molecular weight excluding hydrogens is 227 g/mol. The van der Waals surface area contributed by atoms with Gasteiger partial charge < -0.3 is 11.1 Å². The van der Waals surface area contributed by atoms with E-state index in [-0.39, 0.29) is 5.71 Å². The highest BCUT2D eigenvalue weighted by Gasteiger charge is 2.06. The van der Waals surface area contributed by atoms with Crippen molar-refractivity contribution in [1.29, 1.82) is 0 Å². The molecule has 0 radical (unpaired) electrons. The van der Waals surface area contributed by atoms with Crippen LogP contribution in [0.1, 0.15) is 6.92 Å². The molecule has 0 saturated carbocycles. The Hall–Kier alpha value is -2.44. The number of anilines is 1. The van der Waals surface area contributed by atoms with E-state index in [0.29, 0.717) is 5.69 Å². The summed E-state index contributed by atoms with van der Waals surface area (Å²) in [5.74, 6) is -0.922. The number of nitrogens with zero attached hydrogens (tertiary/aromatic N) is 1. The Morgan fingerprint density at radius 2 is 1.88 bits per heavy atom. The summed E-state index contributed by atoms with van der Waals surface area (Å²) in [4.78, 5) is 21.8. The van der Waals surface area contributed by atoms with Crippen molar-refractivity contribution < 1.29 is 14.0 Å². The van der Waals surface area contributed by atoms with Gasteiger partial charge in [0.1, 0.15) is 11.5 Å². The zero-order chi connectivity index (χ0) is 12.8. The lowest BCUT2D eigenvalue weighted by molar-refractivity contribution is -0.110. The number of hydrazone groups is 1. The van der Waals surface area contributed by atoms with E-state index in [1.807, 2.05) is 5.43 Å². The smallest absolute Gasteiger partial charge is 0.332 e. The number of amides is 3. The lowest BCUT2D eigenvalue weighted by Gasteiger charge is -2.04. The van der Waals surface area contributed by atoms with Gasteiger partial charge in [0.05, 0.1) is 0 Å². The fraction of sp³-hybridized carbons (Fsp3) is 0.100. The molecule has 6 nitrogen and oxygen atoms in total. The molecule has 90 valence electrons. The van der Waals surface area contributed by atoms with Crippen LogP contribution in [0.5, 0.6) is 0 Å². The summed E-state index contributed by atoms with van der Waals surface area (Å²) in [5, 5.41) is 5.91.